The Balaban J connectivity index is 1.35. The van der Waals surface area contributed by atoms with E-state index in [2.05, 4.69) is 46.3 Å². The number of hydrogen-bond donors (Lipinski definition) is 2. The first-order valence-electron chi connectivity index (χ1n) is 10.6. The van der Waals surface area contributed by atoms with Crippen molar-refractivity contribution >= 4 is 5.82 Å². The zero-order valence-electron chi connectivity index (χ0n) is 18.0. The molecule has 31 heavy (non-hydrogen) atoms. The van der Waals surface area contributed by atoms with E-state index in [1.807, 2.05) is 12.1 Å². The van der Waals surface area contributed by atoms with Crippen molar-refractivity contribution in [1.82, 2.24) is 25.1 Å². The van der Waals surface area contributed by atoms with Gasteiger partial charge in [0.25, 0.3) is 0 Å². The highest BCUT2D eigenvalue weighted by Crippen LogP contribution is 2.43. The molecular weight excluding hydrogens is 395 g/mol. The highest BCUT2D eigenvalue weighted by Gasteiger charge is 2.49. The molecule has 0 amide bonds. The Morgan fingerprint density at radius 2 is 1.87 bits per heavy atom. The Kier molecular flexibility index (Phi) is 4.51. The van der Waals surface area contributed by atoms with Crippen LogP contribution in [0.4, 0.5) is 10.2 Å². The summed E-state index contributed by atoms with van der Waals surface area (Å²) in [5.74, 6) is 0.309. The quantitative estimate of drug-likeness (QED) is 0.668. The van der Waals surface area contributed by atoms with E-state index in [1.165, 1.54) is 29.9 Å². The number of piperidine rings is 1. The number of imidazole rings is 1. The average molecular weight is 423 g/mol. The smallest absolute Gasteiger partial charge is 0.231 e. The van der Waals surface area contributed by atoms with Gasteiger partial charge in [0, 0.05) is 35.8 Å². The van der Waals surface area contributed by atoms with Gasteiger partial charge >= 0.3 is 0 Å². The zero-order chi connectivity index (χ0) is 21.8. The predicted molar refractivity (Wildman–Crippen MR) is 117 cm³/mol. The lowest BCUT2D eigenvalue weighted by Gasteiger charge is -2.45. The molecule has 4 heterocycles. The topological polar surface area (TPSA) is 79.1 Å². The number of anilines is 1. The molecule has 2 N–H and O–H groups in total. The maximum Gasteiger partial charge on any atom is 0.231 e. The Labute approximate surface area is 180 Å². The third-order valence-corrected chi connectivity index (χ3v) is 6.87. The molecule has 2 fully saturated rings. The number of nitrogens with zero attached hydrogens (tertiary/aromatic N) is 5. The molecule has 1 aromatic carbocycles. The van der Waals surface area contributed by atoms with E-state index in [4.69, 9.17) is 0 Å². The minimum absolute atomic E-state index is 0.0535. The lowest BCUT2D eigenvalue weighted by molar-refractivity contribution is 0.207. The SMILES string of the molecule is CN(c1ccc(-c2ccc(-n3cnc(F)c3)cc2O)nn1)C1C[C@]2(C)CC[C@](C)(C1)N2. The summed E-state index contributed by atoms with van der Waals surface area (Å²) in [5.41, 5.74) is 2.15. The van der Waals surface area contributed by atoms with Gasteiger partial charge in [0.2, 0.25) is 5.95 Å². The Hall–Kier alpha value is -3.00. The van der Waals surface area contributed by atoms with Crippen LogP contribution in [-0.4, -0.2) is 49.0 Å². The lowest BCUT2D eigenvalue weighted by atomic mass is 9.84. The van der Waals surface area contributed by atoms with Gasteiger partial charge in [-0.25, -0.2) is 4.98 Å². The number of nitrogens with one attached hydrogen (secondary N) is 1. The number of aromatic hydroxyl groups is 1. The van der Waals surface area contributed by atoms with Crippen molar-refractivity contribution < 1.29 is 9.50 Å². The van der Waals surface area contributed by atoms with E-state index < -0.39 is 5.95 Å². The predicted octanol–water partition coefficient (Wildman–Crippen LogP) is 3.67. The summed E-state index contributed by atoms with van der Waals surface area (Å²) in [5, 5.41) is 23.1. The van der Waals surface area contributed by atoms with E-state index in [0.29, 0.717) is 23.0 Å². The van der Waals surface area contributed by atoms with Crippen molar-refractivity contribution in [2.75, 3.05) is 11.9 Å². The molecule has 8 heteroatoms. The summed E-state index contributed by atoms with van der Waals surface area (Å²) in [6.07, 6.45) is 7.20. The van der Waals surface area contributed by atoms with Crippen molar-refractivity contribution in [2.24, 2.45) is 0 Å². The van der Waals surface area contributed by atoms with E-state index in [9.17, 15) is 9.50 Å². The van der Waals surface area contributed by atoms with Gasteiger partial charge in [0.15, 0.2) is 5.82 Å². The van der Waals surface area contributed by atoms with Crippen molar-refractivity contribution in [3.05, 3.63) is 48.8 Å². The summed E-state index contributed by atoms with van der Waals surface area (Å²) in [6, 6.07) is 9.33. The van der Waals surface area contributed by atoms with Gasteiger partial charge in [-0.3, -0.25) is 0 Å². The molecule has 0 spiro atoms. The molecule has 3 atom stereocenters. The Morgan fingerprint density at radius 3 is 2.45 bits per heavy atom. The molecule has 7 nitrogen and oxygen atoms in total. The van der Waals surface area contributed by atoms with Crippen LogP contribution in [0.15, 0.2) is 42.9 Å². The van der Waals surface area contributed by atoms with Crippen LogP contribution in [-0.2, 0) is 0 Å². The molecule has 5 rings (SSSR count). The molecule has 162 valence electrons. The number of phenols is 1. The minimum Gasteiger partial charge on any atom is -0.507 e. The fourth-order valence-corrected chi connectivity index (χ4v) is 5.28. The fraction of sp³-hybridized carbons (Fsp3) is 0.435. The molecule has 0 aliphatic carbocycles. The number of halogens is 1. The Bertz CT molecular complexity index is 1100. The summed E-state index contributed by atoms with van der Waals surface area (Å²) < 4.78 is 14.7. The van der Waals surface area contributed by atoms with Crippen LogP contribution in [0.25, 0.3) is 16.9 Å². The number of aromatic nitrogens is 4. The average Bonchev–Trinajstić information content (AvgIpc) is 3.27. The standard InChI is InChI=1S/C23H27FN6O/c1-22-8-9-23(2,28-22)12-16(11-22)29(3)21-7-6-18(26-27-21)17-5-4-15(10-19(17)31)30-13-20(24)25-14-30/h4-7,10,13-14,16,28,31H,8-9,11-12H2,1-3H3/t16?,22-,23+. The Morgan fingerprint density at radius 1 is 1.13 bits per heavy atom. The first-order valence-corrected chi connectivity index (χ1v) is 10.6. The number of benzene rings is 1. The third-order valence-electron chi connectivity index (χ3n) is 6.87. The van der Waals surface area contributed by atoms with Crippen LogP contribution >= 0.6 is 0 Å². The second-order valence-electron chi connectivity index (χ2n) is 9.50. The highest BCUT2D eigenvalue weighted by molar-refractivity contribution is 5.69. The number of hydrogen-bond acceptors (Lipinski definition) is 6. The third kappa shape index (κ3) is 3.65. The molecule has 0 saturated carbocycles. The van der Waals surface area contributed by atoms with Crippen molar-refractivity contribution in [3.8, 4) is 22.7 Å². The van der Waals surface area contributed by atoms with E-state index in [1.54, 1.807) is 18.2 Å². The van der Waals surface area contributed by atoms with Crippen LogP contribution in [0.1, 0.15) is 39.5 Å². The molecule has 2 aliphatic heterocycles. The van der Waals surface area contributed by atoms with Crippen LogP contribution in [0.3, 0.4) is 0 Å². The van der Waals surface area contributed by atoms with Crippen LogP contribution < -0.4 is 10.2 Å². The fourth-order valence-electron chi connectivity index (χ4n) is 5.28. The molecular formula is C23H27FN6O. The molecule has 0 radical (unpaired) electrons. The van der Waals surface area contributed by atoms with Crippen molar-refractivity contribution in [3.63, 3.8) is 0 Å². The van der Waals surface area contributed by atoms with Gasteiger partial charge in [-0.2, -0.15) is 4.39 Å². The molecule has 1 unspecified atom stereocenters. The number of rotatable bonds is 4. The largest absolute Gasteiger partial charge is 0.507 e. The molecule has 2 bridgehead atoms. The normalized spacial score (nSPS) is 27.4. The summed E-state index contributed by atoms with van der Waals surface area (Å²) in [6.45, 7) is 4.63. The van der Waals surface area contributed by atoms with Crippen LogP contribution in [0, 0.1) is 5.95 Å². The first-order chi connectivity index (χ1) is 14.7. The molecule has 2 aliphatic rings. The minimum atomic E-state index is -0.570. The van der Waals surface area contributed by atoms with Gasteiger partial charge in [-0.15, -0.1) is 10.2 Å². The number of phenolic OH excluding ortho intramolecular Hbond substituents is 1. The van der Waals surface area contributed by atoms with Crippen LogP contribution in [0.5, 0.6) is 5.75 Å². The summed E-state index contributed by atoms with van der Waals surface area (Å²) >= 11 is 0. The van der Waals surface area contributed by atoms with E-state index in [-0.39, 0.29) is 16.8 Å². The van der Waals surface area contributed by atoms with Crippen molar-refractivity contribution in [2.45, 2.75) is 56.7 Å². The molecule has 3 aromatic rings. The van der Waals surface area contributed by atoms with Gasteiger partial charge in [0.1, 0.15) is 12.1 Å². The molecule has 2 saturated heterocycles. The second-order valence-corrected chi connectivity index (χ2v) is 9.50. The van der Waals surface area contributed by atoms with E-state index in [0.717, 1.165) is 18.7 Å². The first kappa shape index (κ1) is 19.9. The maximum absolute atomic E-state index is 13.2. The number of fused-ring (bicyclic) bond motifs is 2. The van der Waals surface area contributed by atoms with Gasteiger partial charge in [0.05, 0.1) is 17.6 Å². The summed E-state index contributed by atoms with van der Waals surface area (Å²) in [7, 11) is 2.09. The van der Waals surface area contributed by atoms with Gasteiger partial charge in [-0.1, -0.05) is 0 Å². The monoisotopic (exact) mass is 422 g/mol. The van der Waals surface area contributed by atoms with E-state index >= 15 is 0 Å². The lowest BCUT2D eigenvalue weighted by Crippen LogP contribution is -2.58. The van der Waals surface area contributed by atoms with Gasteiger partial charge in [-0.05, 0) is 63.8 Å². The highest BCUT2D eigenvalue weighted by atomic mass is 19.1. The van der Waals surface area contributed by atoms with Gasteiger partial charge < -0.3 is 19.9 Å². The van der Waals surface area contributed by atoms with Crippen LogP contribution in [0.2, 0.25) is 0 Å². The molecule has 2 aromatic heterocycles. The maximum atomic E-state index is 13.2. The zero-order valence-corrected chi connectivity index (χ0v) is 18.0. The second kappa shape index (κ2) is 7.02. The summed E-state index contributed by atoms with van der Waals surface area (Å²) in [4.78, 5) is 5.81. The van der Waals surface area contributed by atoms with Crippen molar-refractivity contribution in [1.29, 1.82) is 0 Å².